The Hall–Kier alpha value is -2.70. The molecular formula is C16H22N4O3. The predicted molar refractivity (Wildman–Crippen MR) is 89.8 cm³/mol. The molecule has 7 nitrogen and oxygen atoms in total. The lowest BCUT2D eigenvalue weighted by molar-refractivity contribution is 0.347. The van der Waals surface area contributed by atoms with E-state index in [4.69, 9.17) is 14.2 Å². The Balaban J connectivity index is 2.21. The van der Waals surface area contributed by atoms with Gasteiger partial charge in [0.25, 0.3) is 0 Å². The normalized spacial score (nSPS) is 10.1. The Morgan fingerprint density at radius 1 is 1.00 bits per heavy atom. The minimum absolute atomic E-state index is 0.500. The zero-order valence-corrected chi connectivity index (χ0v) is 14.1. The van der Waals surface area contributed by atoms with Crippen LogP contribution in [0.15, 0.2) is 24.4 Å². The molecule has 0 aliphatic carbocycles. The summed E-state index contributed by atoms with van der Waals surface area (Å²) in [5.41, 5.74) is 0.920. The molecule has 0 saturated carbocycles. The Labute approximate surface area is 136 Å². The van der Waals surface area contributed by atoms with Gasteiger partial charge in [-0.2, -0.15) is 4.98 Å². The number of aromatic nitrogens is 2. The second-order valence-electron chi connectivity index (χ2n) is 5.01. The summed E-state index contributed by atoms with van der Waals surface area (Å²) >= 11 is 0. The number of rotatable bonds is 7. The third kappa shape index (κ3) is 3.94. The zero-order valence-electron chi connectivity index (χ0n) is 14.1. The number of nitrogens with zero attached hydrogens (tertiary/aromatic N) is 3. The highest BCUT2D eigenvalue weighted by Gasteiger charge is 2.12. The Kier molecular flexibility index (Phi) is 5.46. The summed E-state index contributed by atoms with van der Waals surface area (Å²) < 4.78 is 16.0. The van der Waals surface area contributed by atoms with Crippen LogP contribution in [0.2, 0.25) is 0 Å². The molecule has 1 N–H and O–H groups in total. The van der Waals surface area contributed by atoms with Crippen LogP contribution in [0.5, 0.6) is 17.2 Å². The molecular weight excluding hydrogens is 296 g/mol. The van der Waals surface area contributed by atoms with Crippen molar-refractivity contribution in [1.29, 1.82) is 0 Å². The number of ether oxygens (including phenoxy) is 3. The summed E-state index contributed by atoms with van der Waals surface area (Å²) in [4.78, 5) is 10.6. The SMILES string of the molecule is COc1cc(OC)c(OC)cc1CNc1nccc(N(C)C)n1. The third-order valence-corrected chi connectivity index (χ3v) is 3.32. The van der Waals surface area contributed by atoms with Crippen molar-refractivity contribution in [1.82, 2.24) is 9.97 Å². The van der Waals surface area contributed by atoms with E-state index in [9.17, 15) is 0 Å². The van der Waals surface area contributed by atoms with E-state index in [1.165, 1.54) is 0 Å². The van der Waals surface area contributed by atoms with Gasteiger partial charge in [0.2, 0.25) is 5.95 Å². The van der Waals surface area contributed by atoms with E-state index < -0.39 is 0 Å². The average Bonchev–Trinajstić information content (AvgIpc) is 2.59. The lowest BCUT2D eigenvalue weighted by atomic mass is 10.1. The molecule has 1 heterocycles. The molecule has 7 heteroatoms. The van der Waals surface area contributed by atoms with Crippen molar-refractivity contribution in [2.24, 2.45) is 0 Å². The highest BCUT2D eigenvalue weighted by atomic mass is 16.5. The summed E-state index contributed by atoms with van der Waals surface area (Å²) in [6.45, 7) is 0.500. The molecule has 2 rings (SSSR count). The second kappa shape index (κ2) is 7.53. The van der Waals surface area contributed by atoms with E-state index in [1.54, 1.807) is 33.6 Å². The Bertz CT molecular complexity index is 662. The second-order valence-corrected chi connectivity index (χ2v) is 5.01. The number of benzene rings is 1. The predicted octanol–water partition coefficient (Wildman–Crippen LogP) is 2.18. The van der Waals surface area contributed by atoms with Crippen LogP contribution in [0.4, 0.5) is 11.8 Å². The number of anilines is 2. The number of nitrogens with one attached hydrogen (secondary N) is 1. The molecule has 1 aromatic heterocycles. The number of hydrogen-bond donors (Lipinski definition) is 1. The molecule has 1 aromatic carbocycles. The zero-order chi connectivity index (χ0) is 16.8. The summed E-state index contributed by atoms with van der Waals surface area (Å²) in [5.74, 6) is 3.36. The van der Waals surface area contributed by atoms with Crippen LogP contribution in [0, 0.1) is 0 Å². The van der Waals surface area contributed by atoms with Crippen LogP contribution < -0.4 is 24.4 Å². The van der Waals surface area contributed by atoms with Gasteiger partial charge >= 0.3 is 0 Å². The van der Waals surface area contributed by atoms with E-state index >= 15 is 0 Å². The van der Waals surface area contributed by atoms with E-state index in [1.807, 2.05) is 31.1 Å². The van der Waals surface area contributed by atoms with Crippen molar-refractivity contribution in [3.8, 4) is 17.2 Å². The molecule has 0 unspecified atom stereocenters. The summed E-state index contributed by atoms with van der Waals surface area (Å²) in [5, 5.41) is 3.19. The summed E-state index contributed by atoms with van der Waals surface area (Å²) in [6, 6.07) is 5.52. The molecule has 0 aliphatic rings. The summed E-state index contributed by atoms with van der Waals surface area (Å²) in [6.07, 6.45) is 1.72. The third-order valence-electron chi connectivity index (χ3n) is 3.32. The van der Waals surface area contributed by atoms with Crippen molar-refractivity contribution in [2.45, 2.75) is 6.54 Å². The molecule has 23 heavy (non-hydrogen) atoms. The van der Waals surface area contributed by atoms with Gasteiger partial charge in [0.15, 0.2) is 11.5 Å². The quantitative estimate of drug-likeness (QED) is 0.839. The van der Waals surface area contributed by atoms with Gasteiger partial charge in [-0.1, -0.05) is 0 Å². The molecule has 0 atom stereocenters. The minimum Gasteiger partial charge on any atom is -0.496 e. The topological polar surface area (TPSA) is 68.7 Å². The van der Waals surface area contributed by atoms with E-state index in [-0.39, 0.29) is 0 Å². The highest BCUT2D eigenvalue weighted by molar-refractivity contribution is 5.52. The average molecular weight is 318 g/mol. The Morgan fingerprint density at radius 2 is 1.65 bits per heavy atom. The standard InChI is InChI=1S/C16H22N4O3/c1-20(2)15-6-7-17-16(19-15)18-10-11-8-13(22-4)14(23-5)9-12(11)21-3/h6-9H,10H2,1-5H3,(H,17,18,19). The van der Waals surface area contributed by atoms with Crippen molar-refractivity contribution in [3.05, 3.63) is 30.0 Å². The molecule has 0 saturated heterocycles. The molecule has 2 aromatic rings. The van der Waals surface area contributed by atoms with Gasteiger partial charge in [0, 0.05) is 38.5 Å². The maximum Gasteiger partial charge on any atom is 0.224 e. The van der Waals surface area contributed by atoms with Gasteiger partial charge in [-0.15, -0.1) is 0 Å². The lowest BCUT2D eigenvalue weighted by Crippen LogP contribution is -2.12. The first-order chi connectivity index (χ1) is 11.1. The van der Waals surface area contributed by atoms with Gasteiger partial charge in [0.1, 0.15) is 11.6 Å². The lowest BCUT2D eigenvalue weighted by Gasteiger charge is -2.15. The smallest absolute Gasteiger partial charge is 0.224 e. The number of hydrogen-bond acceptors (Lipinski definition) is 7. The Morgan fingerprint density at radius 3 is 2.26 bits per heavy atom. The van der Waals surface area contributed by atoms with Crippen LogP contribution in [0.3, 0.4) is 0 Å². The number of methoxy groups -OCH3 is 3. The van der Waals surface area contributed by atoms with Gasteiger partial charge in [0.05, 0.1) is 21.3 Å². The molecule has 0 amide bonds. The van der Waals surface area contributed by atoms with Crippen LogP contribution in [0.25, 0.3) is 0 Å². The first-order valence-corrected chi connectivity index (χ1v) is 7.12. The van der Waals surface area contributed by atoms with E-state index in [0.29, 0.717) is 29.7 Å². The molecule has 0 aliphatic heterocycles. The molecule has 0 fully saturated rings. The van der Waals surface area contributed by atoms with E-state index in [0.717, 1.165) is 11.4 Å². The van der Waals surface area contributed by atoms with Crippen molar-refractivity contribution in [2.75, 3.05) is 45.6 Å². The maximum absolute atomic E-state index is 5.41. The van der Waals surface area contributed by atoms with Crippen molar-refractivity contribution >= 4 is 11.8 Å². The van der Waals surface area contributed by atoms with Gasteiger partial charge in [-0.05, 0) is 12.1 Å². The van der Waals surface area contributed by atoms with Crippen LogP contribution >= 0.6 is 0 Å². The van der Waals surface area contributed by atoms with Gasteiger partial charge < -0.3 is 24.4 Å². The van der Waals surface area contributed by atoms with E-state index in [2.05, 4.69) is 15.3 Å². The highest BCUT2D eigenvalue weighted by Crippen LogP contribution is 2.34. The van der Waals surface area contributed by atoms with Crippen molar-refractivity contribution in [3.63, 3.8) is 0 Å². The fraction of sp³-hybridized carbons (Fsp3) is 0.375. The molecule has 0 spiro atoms. The van der Waals surface area contributed by atoms with Crippen LogP contribution in [-0.2, 0) is 6.54 Å². The summed E-state index contributed by atoms with van der Waals surface area (Å²) in [7, 11) is 8.68. The largest absolute Gasteiger partial charge is 0.496 e. The molecule has 0 radical (unpaired) electrons. The molecule has 124 valence electrons. The monoisotopic (exact) mass is 318 g/mol. The first kappa shape index (κ1) is 16.7. The fourth-order valence-electron chi connectivity index (χ4n) is 2.09. The molecule has 0 bridgehead atoms. The maximum atomic E-state index is 5.41. The van der Waals surface area contributed by atoms with Gasteiger partial charge in [-0.25, -0.2) is 4.98 Å². The van der Waals surface area contributed by atoms with Crippen LogP contribution in [-0.4, -0.2) is 45.4 Å². The minimum atomic E-state index is 0.500. The first-order valence-electron chi connectivity index (χ1n) is 7.12. The fourth-order valence-corrected chi connectivity index (χ4v) is 2.09. The van der Waals surface area contributed by atoms with Crippen LogP contribution in [0.1, 0.15) is 5.56 Å². The van der Waals surface area contributed by atoms with Crippen molar-refractivity contribution < 1.29 is 14.2 Å². The van der Waals surface area contributed by atoms with Gasteiger partial charge in [-0.3, -0.25) is 0 Å².